The molecule has 2 aromatic heterocycles. The maximum absolute atomic E-state index is 13.1. The van der Waals surface area contributed by atoms with Crippen molar-refractivity contribution in [2.75, 3.05) is 0 Å². The molecule has 4 rings (SSSR count). The van der Waals surface area contributed by atoms with Crippen LogP contribution in [0.5, 0.6) is 0 Å². The van der Waals surface area contributed by atoms with Gasteiger partial charge in [0, 0.05) is 41.5 Å². The number of nitrogens with zero attached hydrogens (tertiary/aromatic N) is 3. The van der Waals surface area contributed by atoms with Gasteiger partial charge in [0.2, 0.25) is 0 Å². The molecular formula is C26H26ClN3O. The van der Waals surface area contributed by atoms with Gasteiger partial charge in [-0.2, -0.15) is 5.26 Å². The van der Waals surface area contributed by atoms with E-state index in [4.69, 9.17) is 11.6 Å². The average Bonchev–Trinajstić information content (AvgIpc) is 3.18. The van der Waals surface area contributed by atoms with E-state index in [1.807, 2.05) is 71.4 Å². The number of benzene rings is 2. The van der Waals surface area contributed by atoms with Crippen LogP contribution in [-0.2, 0) is 20.0 Å². The van der Waals surface area contributed by atoms with Crippen LogP contribution in [0.25, 0.3) is 22.0 Å². The third-order valence-electron chi connectivity index (χ3n) is 5.01. The minimum absolute atomic E-state index is 0.0982. The summed E-state index contributed by atoms with van der Waals surface area (Å²) in [7, 11) is 1.73. The van der Waals surface area contributed by atoms with Gasteiger partial charge < -0.3 is 9.13 Å². The summed E-state index contributed by atoms with van der Waals surface area (Å²) in [5.74, 6) is 0. The van der Waals surface area contributed by atoms with Gasteiger partial charge in [0.25, 0.3) is 5.56 Å². The normalized spacial score (nSPS) is 10.4. The Bertz CT molecular complexity index is 1260. The first-order valence-corrected chi connectivity index (χ1v) is 10.8. The Morgan fingerprint density at radius 3 is 2.26 bits per heavy atom. The highest BCUT2D eigenvalue weighted by Crippen LogP contribution is 2.32. The Labute approximate surface area is 187 Å². The van der Waals surface area contributed by atoms with E-state index >= 15 is 0 Å². The highest BCUT2D eigenvalue weighted by Gasteiger charge is 2.19. The Morgan fingerprint density at radius 1 is 1.00 bits per heavy atom. The van der Waals surface area contributed by atoms with Crippen molar-refractivity contribution >= 4 is 22.5 Å². The lowest BCUT2D eigenvalue weighted by atomic mass is 9.98. The molecule has 0 amide bonds. The zero-order valence-electron chi connectivity index (χ0n) is 18.1. The lowest BCUT2D eigenvalue weighted by molar-refractivity contribution is 0.784. The van der Waals surface area contributed by atoms with Crippen molar-refractivity contribution in [3.05, 3.63) is 93.5 Å². The minimum Gasteiger partial charge on any atom is -0.339 e. The van der Waals surface area contributed by atoms with Gasteiger partial charge in [-0.15, -0.1) is 0 Å². The van der Waals surface area contributed by atoms with Gasteiger partial charge >= 0.3 is 0 Å². The molecule has 4 aromatic rings. The van der Waals surface area contributed by atoms with Crippen LogP contribution in [0.2, 0.25) is 5.02 Å². The van der Waals surface area contributed by atoms with Gasteiger partial charge in [0.1, 0.15) is 5.52 Å². The Morgan fingerprint density at radius 2 is 1.65 bits per heavy atom. The van der Waals surface area contributed by atoms with Gasteiger partial charge in [-0.25, -0.2) is 0 Å². The summed E-state index contributed by atoms with van der Waals surface area (Å²) in [5.41, 5.74) is 4.21. The molecule has 0 radical (unpaired) electrons. The molecule has 0 spiro atoms. The predicted octanol–water partition coefficient (Wildman–Crippen LogP) is 6.19. The van der Waals surface area contributed by atoms with Crippen molar-refractivity contribution in [3.8, 4) is 17.2 Å². The molecule has 0 aliphatic carbocycles. The minimum atomic E-state index is -0.0982. The molecule has 0 N–H and O–H groups in total. The summed E-state index contributed by atoms with van der Waals surface area (Å²) < 4.78 is 3.57. The summed E-state index contributed by atoms with van der Waals surface area (Å²) >= 11 is 6.06. The number of pyridine rings is 1. The van der Waals surface area contributed by atoms with E-state index < -0.39 is 0 Å². The largest absolute Gasteiger partial charge is 0.339 e. The molecule has 5 heteroatoms. The van der Waals surface area contributed by atoms with Gasteiger partial charge in [-0.3, -0.25) is 4.79 Å². The molecular weight excluding hydrogens is 406 g/mol. The monoisotopic (exact) mass is 431 g/mol. The Hall–Kier alpha value is -3.29. The van der Waals surface area contributed by atoms with E-state index in [1.54, 1.807) is 11.6 Å². The average molecular weight is 432 g/mol. The Balaban J connectivity index is 0.000000858. The Kier molecular flexibility index (Phi) is 7.33. The van der Waals surface area contributed by atoms with Crippen molar-refractivity contribution in [3.63, 3.8) is 0 Å². The second kappa shape index (κ2) is 10.1. The molecule has 2 heterocycles. The topological polar surface area (TPSA) is 50.7 Å². The molecule has 0 bridgehead atoms. The number of rotatable bonds is 4. The molecule has 0 fully saturated rings. The maximum atomic E-state index is 13.1. The highest BCUT2D eigenvalue weighted by molar-refractivity contribution is 6.30. The molecule has 158 valence electrons. The second-order valence-electron chi connectivity index (χ2n) is 7.43. The maximum Gasteiger partial charge on any atom is 0.275 e. The van der Waals surface area contributed by atoms with Crippen LogP contribution in [0.4, 0.5) is 0 Å². The highest BCUT2D eigenvalue weighted by atomic mass is 35.5. The van der Waals surface area contributed by atoms with Crippen LogP contribution in [0.1, 0.15) is 31.5 Å². The van der Waals surface area contributed by atoms with Crippen molar-refractivity contribution in [1.82, 2.24) is 9.13 Å². The van der Waals surface area contributed by atoms with Crippen LogP contribution in [0, 0.1) is 11.3 Å². The second-order valence-corrected chi connectivity index (χ2v) is 7.86. The first kappa shape index (κ1) is 22.4. The van der Waals surface area contributed by atoms with E-state index in [0.717, 1.165) is 22.1 Å². The number of hydrogen-bond acceptors (Lipinski definition) is 2. The molecule has 4 nitrogen and oxygen atoms in total. The molecule has 2 aromatic carbocycles. The van der Waals surface area contributed by atoms with E-state index in [-0.39, 0.29) is 12.0 Å². The van der Waals surface area contributed by atoms with Gasteiger partial charge in [0.05, 0.1) is 12.5 Å². The first-order chi connectivity index (χ1) is 15.0. The fourth-order valence-electron chi connectivity index (χ4n) is 3.65. The summed E-state index contributed by atoms with van der Waals surface area (Å²) in [6.07, 6.45) is 3.35. The van der Waals surface area contributed by atoms with E-state index in [0.29, 0.717) is 22.8 Å². The summed E-state index contributed by atoms with van der Waals surface area (Å²) in [6.45, 7) is 4.86. The summed E-state index contributed by atoms with van der Waals surface area (Å²) in [4.78, 5) is 13.1. The van der Waals surface area contributed by atoms with E-state index in [1.165, 1.54) is 6.42 Å². The van der Waals surface area contributed by atoms with Crippen molar-refractivity contribution in [2.24, 2.45) is 7.05 Å². The summed E-state index contributed by atoms with van der Waals surface area (Å²) in [5, 5.41) is 10.8. The number of hydrogen-bond donors (Lipinski definition) is 0. The fourth-order valence-corrected chi connectivity index (χ4v) is 3.78. The van der Waals surface area contributed by atoms with Crippen LogP contribution < -0.4 is 5.56 Å². The molecule has 0 atom stereocenters. The molecule has 0 unspecified atom stereocenters. The third-order valence-corrected chi connectivity index (χ3v) is 5.26. The van der Waals surface area contributed by atoms with Crippen LogP contribution >= 0.6 is 11.6 Å². The van der Waals surface area contributed by atoms with E-state index in [9.17, 15) is 10.1 Å². The van der Waals surface area contributed by atoms with Gasteiger partial charge in [0.15, 0.2) is 0 Å². The quantitative estimate of drug-likeness (QED) is 0.386. The molecule has 31 heavy (non-hydrogen) atoms. The zero-order chi connectivity index (χ0) is 22.4. The molecule has 0 saturated carbocycles. The van der Waals surface area contributed by atoms with Crippen LogP contribution in [0.3, 0.4) is 0 Å². The number of fused-ring (bicyclic) bond motifs is 1. The van der Waals surface area contributed by atoms with Crippen LogP contribution in [0.15, 0.2) is 71.7 Å². The van der Waals surface area contributed by atoms with E-state index in [2.05, 4.69) is 19.9 Å². The number of nitriles is 1. The lowest BCUT2D eigenvalue weighted by Crippen LogP contribution is -2.23. The number of aromatic nitrogens is 2. The zero-order valence-corrected chi connectivity index (χ0v) is 18.9. The van der Waals surface area contributed by atoms with Crippen molar-refractivity contribution in [2.45, 2.75) is 33.2 Å². The lowest BCUT2D eigenvalue weighted by Gasteiger charge is -2.15. The standard InChI is InChI=1S/C23H18ClN3O.C3H8/c1-26-20(11-13-25)21(17-7-9-18(24)10-8-17)19-12-14-27(22(19)23(26)28)15-16-5-3-2-4-6-16;1-3-2/h2-10,12,14H,11,15H2,1H3;3H2,1-2H3. The molecule has 0 aliphatic heterocycles. The fraction of sp³-hybridized carbons (Fsp3) is 0.231. The molecule has 0 saturated heterocycles. The molecule has 0 aliphatic rings. The summed E-state index contributed by atoms with van der Waals surface area (Å²) in [6, 6.07) is 21.7. The third kappa shape index (κ3) is 4.73. The van der Waals surface area contributed by atoms with Gasteiger partial charge in [-0.1, -0.05) is 74.3 Å². The van der Waals surface area contributed by atoms with Gasteiger partial charge in [-0.05, 0) is 29.3 Å². The van der Waals surface area contributed by atoms with Crippen molar-refractivity contribution in [1.29, 1.82) is 5.26 Å². The van der Waals surface area contributed by atoms with Crippen LogP contribution in [-0.4, -0.2) is 9.13 Å². The smallest absolute Gasteiger partial charge is 0.275 e. The van der Waals surface area contributed by atoms with Crippen molar-refractivity contribution < 1.29 is 0 Å². The number of halogens is 1. The first-order valence-electron chi connectivity index (χ1n) is 10.4. The predicted molar refractivity (Wildman–Crippen MR) is 128 cm³/mol. The SMILES string of the molecule is CCC.Cn1c(CC#N)c(-c2ccc(Cl)cc2)c2ccn(Cc3ccccc3)c2c1=O.